The summed E-state index contributed by atoms with van der Waals surface area (Å²) in [6.45, 7) is 1.36. The van der Waals surface area contributed by atoms with Crippen LogP contribution < -0.4 is 15.8 Å². The maximum Gasteiger partial charge on any atom is 0.220 e. The predicted octanol–water partition coefficient (Wildman–Crippen LogP) is 3.31. The van der Waals surface area contributed by atoms with E-state index in [1.807, 2.05) is 42.5 Å². The number of para-hydroxylation sites is 2. The molecule has 1 amide bonds. The monoisotopic (exact) mass is 346 g/mol. The maximum atomic E-state index is 12.1. The van der Waals surface area contributed by atoms with Crippen LogP contribution in [-0.4, -0.2) is 19.1 Å². The number of fused-ring (bicyclic) bond motifs is 1. The highest BCUT2D eigenvalue weighted by atomic mass is 35.5. The molecule has 2 aromatic rings. The van der Waals surface area contributed by atoms with Crippen LogP contribution in [0.2, 0.25) is 0 Å². The van der Waals surface area contributed by atoms with Crippen molar-refractivity contribution in [3.05, 3.63) is 59.7 Å². The number of amides is 1. The molecule has 0 aliphatic carbocycles. The molecule has 2 aromatic carbocycles. The molecule has 128 valence electrons. The third-order valence-corrected chi connectivity index (χ3v) is 4.30. The van der Waals surface area contributed by atoms with Crippen LogP contribution in [0.3, 0.4) is 0 Å². The summed E-state index contributed by atoms with van der Waals surface area (Å²) in [4.78, 5) is 12.1. The molecule has 0 aromatic heterocycles. The highest BCUT2D eigenvalue weighted by Crippen LogP contribution is 2.32. The first kappa shape index (κ1) is 18.1. The Morgan fingerprint density at radius 1 is 1.17 bits per heavy atom. The van der Waals surface area contributed by atoms with Crippen molar-refractivity contribution in [2.24, 2.45) is 0 Å². The zero-order valence-corrected chi connectivity index (χ0v) is 14.4. The molecule has 0 fully saturated rings. The van der Waals surface area contributed by atoms with Crippen molar-refractivity contribution >= 4 is 24.0 Å². The molecule has 5 heteroatoms. The first-order valence-electron chi connectivity index (χ1n) is 8.06. The number of benzene rings is 2. The van der Waals surface area contributed by atoms with E-state index in [2.05, 4.69) is 11.4 Å². The molecule has 0 bridgehead atoms. The van der Waals surface area contributed by atoms with Gasteiger partial charge in [-0.1, -0.05) is 36.4 Å². The molecule has 3 rings (SSSR count). The lowest BCUT2D eigenvalue weighted by Gasteiger charge is -2.26. The summed E-state index contributed by atoms with van der Waals surface area (Å²) in [5.41, 5.74) is 8.87. The summed E-state index contributed by atoms with van der Waals surface area (Å²) in [5.74, 6) is 1.33. The third kappa shape index (κ3) is 4.42. The van der Waals surface area contributed by atoms with E-state index in [9.17, 15) is 4.79 Å². The molecule has 1 aliphatic rings. The van der Waals surface area contributed by atoms with Crippen LogP contribution in [0.15, 0.2) is 48.5 Å². The van der Waals surface area contributed by atoms with Gasteiger partial charge in [-0.05, 0) is 36.1 Å². The SMILES string of the molecule is Cl.Nc1ccccc1CCC(=O)NCC1CCOc2ccccc21. The van der Waals surface area contributed by atoms with Crippen LogP contribution in [0.4, 0.5) is 5.69 Å². The number of rotatable bonds is 5. The van der Waals surface area contributed by atoms with Gasteiger partial charge in [0, 0.05) is 24.6 Å². The number of carbonyl (C=O) groups excluding carboxylic acids is 1. The smallest absolute Gasteiger partial charge is 0.220 e. The van der Waals surface area contributed by atoms with Gasteiger partial charge in [-0.2, -0.15) is 0 Å². The van der Waals surface area contributed by atoms with Gasteiger partial charge in [-0.3, -0.25) is 4.79 Å². The Balaban J connectivity index is 0.00000208. The minimum Gasteiger partial charge on any atom is -0.493 e. The van der Waals surface area contributed by atoms with Crippen molar-refractivity contribution in [2.45, 2.75) is 25.2 Å². The summed E-state index contributed by atoms with van der Waals surface area (Å²) in [6.07, 6.45) is 2.06. The fourth-order valence-corrected chi connectivity index (χ4v) is 2.96. The summed E-state index contributed by atoms with van der Waals surface area (Å²) in [5, 5.41) is 3.05. The highest BCUT2D eigenvalue weighted by molar-refractivity contribution is 5.85. The van der Waals surface area contributed by atoms with Crippen molar-refractivity contribution in [1.29, 1.82) is 0 Å². The van der Waals surface area contributed by atoms with Crippen LogP contribution in [0.1, 0.15) is 29.9 Å². The van der Waals surface area contributed by atoms with Gasteiger partial charge in [-0.25, -0.2) is 0 Å². The van der Waals surface area contributed by atoms with E-state index in [1.165, 1.54) is 5.56 Å². The van der Waals surface area contributed by atoms with E-state index in [0.717, 1.165) is 23.4 Å². The number of hydrogen-bond donors (Lipinski definition) is 2. The zero-order chi connectivity index (χ0) is 16.1. The number of nitrogens with two attached hydrogens (primary N) is 1. The van der Waals surface area contributed by atoms with Gasteiger partial charge in [-0.15, -0.1) is 12.4 Å². The van der Waals surface area contributed by atoms with Crippen molar-refractivity contribution in [1.82, 2.24) is 5.32 Å². The van der Waals surface area contributed by atoms with Gasteiger partial charge < -0.3 is 15.8 Å². The van der Waals surface area contributed by atoms with Crippen molar-refractivity contribution in [2.75, 3.05) is 18.9 Å². The van der Waals surface area contributed by atoms with E-state index in [0.29, 0.717) is 31.9 Å². The number of anilines is 1. The summed E-state index contributed by atoms with van der Waals surface area (Å²) >= 11 is 0. The zero-order valence-electron chi connectivity index (χ0n) is 13.5. The van der Waals surface area contributed by atoms with Gasteiger partial charge >= 0.3 is 0 Å². The second kappa shape index (κ2) is 8.60. The third-order valence-electron chi connectivity index (χ3n) is 4.30. The molecule has 0 saturated carbocycles. The number of halogens is 1. The van der Waals surface area contributed by atoms with Gasteiger partial charge in [0.05, 0.1) is 6.61 Å². The van der Waals surface area contributed by atoms with E-state index in [-0.39, 0.29) is 18.3 Å². The average Bonchev–Trinajstić information content (AvgIpc) is 2.59. The quantitative estimate of drug-likeness (QED) is 0.816. The second-order valence-electron chi connectivity index (χ2n) is 5.87. The summed E-state index contributed by atoms with van der Waals surface area (Å²) < 4.78 is 5.65. The second-order valence-corrected chi connectivity index (χ2v) is 5.87. The number of hydrogen-bond acceptors (Lipinski definition) is 3. The lowest BCUT2D eigenvalue weighted by molar-refractivity contribution is -0.121. The molecule has 0 radical (unpaired) electrons. The lowest BCUT2D eigenvalue weighted by atomic mass is 9.93. The molecule has 3 N–H and O–H groups in total. The van der Waals surface area contributed by atoms with Crippen molar-refractivity contribution < 1.29 is 9.53 Å². The predicted molar refractivity (Wildman–Crippen MR) is 98.7 cm³/mol. The van der Waals surface area contributed by atoms with Crippen molar-refractivity contribution in [3.63, 3.8) is 0 Å². The first-order chi connectivity index (χ1) is 11.2. The van der Waals surface area contributed by atoms with Gasteiger partial charge in [0.2, 0.25) is 5.91 Å². The van der Waals surface area contributed by atoms with Crippen LogP contribution in [0.25, 0.3) is 0 Å². The van der Waals surface area contributed by atoms with Gasteiger partial charge in [0.15, 0.2) is 0 Å². The largest absolute Gasteiger partial charge is 0.493 e. The first-order valence-corrected chi connectivity index (χ1v) is 8.06. The Morgan fingerprint density at radius 2 is 1.92 bits per heavy atom. The van der Waals surface area contributed by atoms with Crippen LogP contribution in [0.5, 0.6) is 5.75 Å². The Kier molecular flexibility index (Phi) is 6.50. The summed E-state index contributed by atoms with van der Waals surface area (Å²) in [7, 11) is 0. The maximum absolute atomic E-state index is 12.1. The molecule has 1 atom stereocenters. The Labute approximate surface area is 148 Å². The molecule has 1 unspecified atom stereocenters. The van der Waals surface area contributed by atoms with E-state index < -0.39 is 0 Å². The fraction of sp³-hybridized carbons (Fsp3) is 0.316. The Morgan fingerprint density at radius 3 is 2.75 bits per heavy atom. The normalized spacial score (nSPS) is 15.6. The minimum absolute atomic E-state index is 0. The highest BCUT2D eigenvalue weighted by Gasteiger charge is 2.21. The van der Waals surface area contributed by atoms with Gasteiger partial charge in [0.1, 0.15) is 5.75 Å². The van der Waals surface area contributed by atoms with Crippen LogP contribution in [-0.2, 0) is 11.2 Å². The average molecular weight is 347 g/mol. The molecule has 4 nitrogen and oxygen atoms in total. The van der Waals surface area contributed by atoms with E-state index in [4.69, 9.17) is 10.5 Å². The molecule has 24 heavy (non-hydrogen) atoms. The van der Waals surface area contributed by atoms with Crippen LogP contribution >= 0.6 is 12.4 Å². The Bertz CT molecular complexity index is 691. The molecule has 1 heterocycles. The van der Waals surface area contributed by atoms with Crippen molar-refractivity contribution in [3.8, 4) is 5.75 Å². The fourth-order valence-electron chi connectivity index (χ4n) is 2.96. The minimum atomic E-state index is 0. The lowest BCUT2D eigenvalue weighted by Crippen LogP contribution is -2.30. The Hall–Kier alpha value is -2.20. The standard InChI is InChI=1S/C19H22N2O2.ClH/c20-17-7-3-1-5-14(17)9-10-19(22)21-13-15-11-12-23-18-8-4-2-6-16(15)18;/h1-8,15H,9-13,20H2,(H,21,22);1H. The molecule has 0 spiro atoms. The molecular weight excluding hydrogens is 324 g/mol. The number of nitrogen functional groups attached to an aromatic ring is 1. The summed E-state index contributed by atoms with van der Waals surface area (Å²) in [6, 6.07) is 15.7. The molecule has 0 saturated heterocycles. The molecular formula is C19H23ClN2O2. The van der Waals surface area contributed by atoms with Crippen LogP contribution in [0, 0.1) is 0 Å². The van der Waals surface area contributed by atoms with Gasteiger partial charge in [0.25, 0.3) is 0 Å². The number of carbonyl (C=O) groups is 1. The van der Waals surface area contributed by atoms with E-state index >= 15 is 0 Å². The topological polar surface area (TPSA) is 64.4 Å². The van der Waals surface area contributed by atoms with E-state index in [1.54, 1.807) is 0 Å². The molecule has 1 aliphatic heterocycles. The number of ether oxygens (including phenoxy) is 1. The number of nitrogens with one attached hydrogen (secondary N) is 1. The number of aryl methyl sites for hydroxylation is 1.